The molecule has 0 fully saturated rings. The van der Waals surface area contributed by atoms with Crippen molar-refractivity contribution in [3.8, 4) is 79.2 Å². The molecule has 1 spiro atoms. The van der Waals surface area contributed by atoms with Crippen molar-refractivity contribution in [3.63, 3.8) is 0 Å². The molecule has 5 nitrogen and oxygen atoms in total. The lowest BCUT2D eigenvalue weighted by molar-refractivity contribution is 0.437. The van der Waals surface area contributed by atoms with E-state index in [1.54, 1.807) is 0 Å². The van der Waals surface area contributed by atoms with Gasteiger partial charge in [-0.05, 0) is 46.0 Å². The number of rotatable bonds is 5. The SMILES string of the molecule is c1ccc(-c2nc(-c3ccccc3)nc(-c3ccc(-c4ccc(-c5nc6ccccc6c6c5-c5ccccc5C65c6ccccc6Oc6ccccc65)cc4)cc3)n2)cc1. The summed E-state index contributed by atoms with van der Waals surface area (Å²) in [4.78, 5) is 20.2. The Morgan fingerprint density at radius 1 is 0.333 bits per heavy atom. The van der Waals surface area contributed by atoms with Gasteiger partial charge in [-0.15, -0.1) is 0 Å². The summed E-state index contributed by atoms with van der Waals surface area (Å²) in [5.74, 6) is 3.67. The molecule has 0 unspecified atom stereocenters. The second-order valence-electron chi connectivity index (χ2n) is 15.3. The highest BCUT2D eigenvalue weighted by Gasteiger charge is 2.52. The fourth-order valence-electron chi connectivity index (χ4n) is 9.36. The summed E-state index contributed by atoms with van der Waals surface area (Å²) in [5, 5.41) is 1.14. The second-order valence-corrected chi connectivity index (χ2v) is 15.3. The second kappa shape index (κ2) is 13.5. The lowest BCUT2D eigenvalue weighted by Gasteiger charge is -2.39. The number of nitrogens with zero attached hydrogens (tertiary/aromatic N) is 4. The summed E-state index contributed by atoms with van der Waals surface area (Å²) in [5.41, 5.74) is 14.5. The molecular weight excluding hydrogens is 733 g/mol. The van der Waals surface area contributed by atoms with E-state index in [1.165, 1.54) is 16.7 Å². The van der Waals surface area contributed by atoms with Gasteiger partial charge in [0.05, 0.1) is 16.6 Å². The number of fused-ring (bicyclic) bond motifs is 11. The molecule has 10 aromatic rings. The Kier molecular flexibility index (Phi) is 7.69. The minimum absolute atomic E-state index is 0.599. The van der Waals surface area contributed by atoms with Gasteiger partial charge in [-0.2, -0.15) is 0 Å². The molecular formula is C55H34N4O. The summed E-state index contributed by atoms with van der Waals surface area (Å²) in [6.45, 7) is 0. The third-order valence-electron chi connectivity index (χ3n) is 12.0. The van der Waals surface area contributed by atoms with Crippen molar-refractivity contribution in [1.29, 1.82) is 0 Å². The molecule has 2 aromatic heterocycles. The number of ether oxygens (including phenoxy) is 1. The summed E-state index contributed by atoms with van der Waals surface area (Å²) < 4.78 is 6.63. The van der Waals surface area contributed by atoms with E-state index in [2.05, 4.69) is 146 Å². The van der Waals surface area contributed by atoms with Gasteiger partial charge >= 0.3 is 0 Å². The van der Waals surface area contributed by atoms with Gasteiger partial charge in [0, 0.05) is 44.3 Å². The molecule has 0 radical (unpaired) electrons. The predicted octanol–water partition coefficient (Wildman–Crippen LogP) is 13.2. The first-order chi connectivity index (χ1) is 29.7. The molecule has 0 saturated carbocycles. The molecule has 8 aromatic carbocycles. The predicted molar refractivity (Wildman–Crippen MR) is 240 cm³/mol. The molecule has 60 heavy (non-hydrogen) atoms. The number of benzene rings is 8. The number of para-hydroxylation sites is 3. The van der Waals surface area contributed by atoms with Crippen LogP contribution in [0.3, 0.4) is 0 Å². The Balaban J connectivity index is 0.975. The third-order valence-corrected chi connectivity index (χ3v) is 12.0. The summed E-state index contributed by atoms with van der Waals surface area (Å²) in [6.07, 6.45) is 0. The van der Waals surface area contributed by atoms with Crippen molar-refractivity contribution in [2.24, 2.45) is 0 Å². The Hall–Kier alpha value is -8.02. The Morgan fingerprint density at radius 2 is 0.767 bits per heavy atom. The molecule has 2 aliphatic rings. The van der Waals surface area contributed by atoms with E-state index in [9.17, 15) is 0 Å². The molecule has 0 bridgehead atoms. The lowest BCUT2D eigenvalue weighted by atomic mass is 9.65. The minimum Gasteiger partial charge on any atom is -0.457 e. The Bertz CT molecular complexity index is 3170. The zero-order chi connectivity index (χ0) is 39.6. The van der Waals surface area contributed by atoms with Crippen molar-refractivity contribution in [2.75, 3.05) is 0 Å². The van der Waals surface area contributed by atoms with Crippen LogP contribution >= 0.6 is 0 Å². The first-order valence-corrected chi connectivity index (χ1v) is 20.2. The maximum atomic E-state index is 6.63. The van der Waals surface area contributed by atoms with Crippen LogP contribution in [0.4, 0.5) is 0 Å². The van der Waals surface area contributed by atoms with Gasteiger partial charge < -0.3 is 4.74 Å². The smallest absolute Gasteiger partial charge is 0.164 e. The standard InChI is InChI=1S/C55H34N4O/c1-3-15-38(16-4-1)52-57-53(39-17-5-2-6-18-39)59-54(58-52)40-33-29-36(30-34-40)35-27-31-37(32-28-35)51-49-41-19-7-9-21-43(41)55(50(49)42-20-8-12-24-46(42)56-51)44-22-10-13-25-47(44)60-48-26-14-11-23-45(48)55/h1-34H. The van der Waals surface area contributed by atoms with E-state index in [0.717, 1.165) is 78.2 Å². The molecule has 280 valence electrons. The molecule has 0 saturated heterocycles. The number of hydrogen-bond donors (Lipinski definition) is 0. The molecule has 0 atom stereocenters. The molecule has 1 aliphatic heterocycles. The van der Waals surface area contributed by atoms with Gasteiger partial charge in [0.1, 0.15) is 11.5 Å². The van der Waals surface area contributed by atoms with Gasteiger partial charge in [-0.1, -0.05) is 188 Å². The molecule has 1 aliphatic carbocycles. The number of pyridine rings is 1. The van der Waals surface area contributed by atoms with Crippen LogP contribution in [0.1, 0.15) is 22.3 Å². The monoisotopic (exact) mass is 766 g/mol. The van der Waals surface area contributed by atoms with Crippen LogP contribution in [0.5, 0.6) is 11.5 Å². The third kappa shape index (κ3) is 5.19. The van der Waals surface area contributed by atoms with E-state index in [0.29, 0.717) is 17.5 Å². The Morgan fingerprint density at radius 3 is 1.35 bits per heavy atom. The fourth-order valence-corrected chi connectivity index (χ4v) is 9.36. The van der Waals surface area contributed by atoms with Crippen LogP contribution in [0.2, 0.25) is 0 Å². The maximum Gasteiger partial charge on any atom is 0.164 e. The summed E-state index contributed by atoms with van der Waals surface area (Å²) >= 11 is 0. The highest BCUT2D eigenvalue weighted by Crippen LogP contribution is 2.64. The van der Waals surface area contributed by atoms with Gasteiger partial charge in [-0.25, -0.2) is 19.9 Å². The van der Waals surface area contributed by atoms with E-state index >= 15 is 0 Å². The summed E-state index contributed by atoms with van der Waals surface area (Å²) in [6, 6.07) is 71.9. The van der Waals surface area contributed by atoms with Crippen LogP contribution in [-0.2, 0) is 5.41 Å². The van der Waals surface area contributed by atoms with Crippen LogP contribution in [0, 0.1) is 0 Å². The first-order valence-electron chi connectivity index (χ1n) is 20.2. The number of hydrogen-bond acceptors (Lipinski definition) is 5. The average Bonchev–Trinajstić information content (AvgIpc) is 3.63. The molecule has 0 amide bonds. The van der Waals surface area contributed by atoms with Crippen molar-refractivity contribution in [2.45, 2.75) is 5.41 Å². The zero-order valence-corrected chi connectivity index (χ0v) is 32.3. The van der Waals surface area contributed by atoms with E-state index < -0.39 is 5.41 Å². The van der Waals surface area contributed by atoms with Crippen molar-refractivity contribution in [1.82, 2.24) is 19.9 Å². The van der Waals surface area contributed by atoms with E-state index in [-0.39, 0.29) is 0 Å². The van der Waals surface area contributed by atoms with E-state index in [4.69, 9.17) is 24.7 Å². The van der Waals surface area contributed by atoms with Gasteiger partial charge in [-0.3, -0.25) is 0 Å². The van der Waals surface area contributed by atoms with Crippen molar-refractivity contribution < 1.29 is 4.74 Å². The maximum absolute atomic E-state index is 6.63. The molecule has 5 heteroatoms. The van der Waals surface area contributed by atoms with Crippen LogP contribution in [0.25, 0.3) is 78.6 Å². The van der Waals surface area contributed by atoms with Gasteiger partial charge in [0.25, 0.3) is 0 Å². The van der Waals surface area contributed by atoms with Crippen LogP contribution in [0.15, 0.2) is 206 Å². The van der Waals surface area contributed by atoms with Crippen molar-refractivity contribution in [3.05, 3.63) is 229 Å². The summed E-state index contributed by atoms with van der Waals surface area (Å²) in [7, 11) is 0. The van der Waals surface area contributed by atoms with Crippen LogP contribution in [-0.4, -0.2) is 19.9 Å². The fraction of sp³-hybridized carbons (Fsp3) is 0.0182. The highest BCUT2D eigenvalue weighted by atomic mass is 16.5. The molecule has 0 N–H and O–H groups in total. The van der Waals surface area contributed by atoms with Crippen molar-refractivity contribution >= 4 is 10.9 Å². The van der Waals surface area contributed by atoms with E-state index in [1.807, 2.05) is 60.7 Å². The highest BCUT2D eigenvalue weighted by molar-refractivity contribution is 6.04. The lowest BCUT2D eigenvalue weighted by Crippen LogP contribution is -2.32. The quantitative estimate of drug-likeness (QED) is 0.175. The first kappa shape index (κ1) is 34.1. The van der Waals surface area contributed by atoms with Gasteiger partial charge in [0.15, 0.2) is 17.5 Å². The van der Waals surface area contributed by atoms with Crippen LogP contribution < -0.4 is 4.74 Å². The average molecular weight is 767 g/mol. The molecule has 3 heterocycles. The minimum atomic E-state index is -0.599. The van der Waals surface area contributed by atoms with Gasteiger partial charge in [0.2, 0.25) is 0 Å². The molecule has 12 rings (SSSR count). The normalized spacial score (nSPS) is 12.9. The Labute approximate surface area is 347 Å². The zero-order valence-electron chi connectivity index (χ0n) is 32.3. The number of aromatic nitrogens is 4. The topological polar surface area (TPSA) is 60.8 Å². The largest absolute Gasteiger partial charge is 0.457 e.